The van der Waals surface area contributed by atoms with Gasteiger partial charge in [-0.05, 0) is 26.2 Å². The van der Waals surface area contributed by atoms with Gasteiger partial charge in [-0.15, -0.1) is 0 Å². The molecule has 0 aromatic rings. The first-order valence-electron chi connectivity index (χ1n) is 6.99. The Morgan fingerprint density at radius 3 is 3.12 bits per heavy atom. The summed E-state index contributed by atoms with van der Waals surface area (Å²) in [6.45, 7) is 4.70. The third kappa shape index (κ3) is 4.78. The van der Waals surface area contributed by atoms with Gasteiger partial charge in [-0.3, -0.25) is 0 Å². The van der Waals surface area contributed by atoms with Crippen LogP contribution in [-0.2, 0) is 9.47 Å². The molecule has 3 nitrogen and oxygen atoms in total. The van der Waals surface area contributed by atoms with Gasteiger partial charge in [0.2, 0.25) is 0 Å². The highest BCUT2D eigenvalue weighted by Gasteiger charge is 2.20. The number of hydrogen-bond donors (Lipinski definition) is 1. The minimum atomic E-state index is 0.220. The highest BCUT2D eigenvalue weighted by atomic mass is 16.5. The Hall–Kier alpha value is -0.380. The van der Waals surface area contributed by atoms with Gasteiger partial charge in [0.05, 0.1) is 24.9 Å². The Bertz CT molecular complexity index is 242. The van der Waals surface area contributed by atoms with Gasteiger partial charge in [0.15, 0.2) is 0 Å². The number of morpholine rings is 1. The molecule has 1 fully saturated rings. The molecule has 0 amide bonds. The third-order valence-electron chi connectivity index (χ3n) is 3.43. The van der Waals surface area contributed by atoms with Gasteiger partial charge in [0, 0.05) is 13.1 Å². The molecule has 0 radical (unpaired) electrons. The number of nitrogens with one attached hydrogen (secondary N) is 1. The molecule has 1 heterocycles. The van der Waals surface area contributed by atoms with Gasteiger partial charge >= 0.3 is 0 Å². The summed E-state index contributed by atoms with van der Waals surface area (Å²) >= 11 is 0. The minimum Gasteiger partial charge on any atom is -0.371 e. The van der Waals surface area contributed by atoms with Crippen LogP contribution in [0, 0.1) is 0 Å². The summed E-state index contributed by atoms with van der Waals surface area (Å²) in [6, 6.07) is 0. The monoisotopic (exact) mass is 239 g/mol. The van der Waals surface area contributed by atoms with Crippen molar-refractivity contribution >= 4 is 0 Å². The Morgan fingerprint density at radius 2 is 2.24 bits per heavy atom. The number of allylic oxidation sites excluding steroid dienone is 1. The van der Waals surface area contributed by atoms with Crippen LogP contribution in [-0.4, -0.2) is 38.0 Å². The molecule has 3 unspecified atom stereocenters. The summed E-state index contributed by atoms with van der Waals surface area (Å²) < 4.78 is 11.8. The van der Waals surface area contributed by atoms with Crippen LogP contribution in [0.4, 0.5) is 0 Å². The first-order chi connectivity index (χ1) is 8.34. The second-order valence-electron chi connectivity index (χ2n) is 5.16. The summed E-state index contributed by atoms with van der Waals surface area (Å²) in [5.41, 5.74) is 0. The van der Waals surface area contributed by atoms with Crippen molar-refractivity contribution in [1.82, 2.24) is 5.32 Å². The predicted octanol–water partition coefficient (Wildman–Crippen LogP) is 2.27. The molecule has 0 aromatic heterocycles. The zero-order chi connectivity index (χ0) is 11.9. The van der Waals surface area contributed by atoms with E-state index in [1.54, 1.807) is 0 Å². The number of rotatable bonds is 3. The number of ether oxygens (including phenoxy) is 2. The fourth-order valence-corrected chi connectivity index (χ4v) is 2.47. The van der Waals surface area contributed by atoms with E-state index in [1.807, 2.05) is 0 Å². The molecule has 0 spiro atoms. The van der Waals surface area contributed by atoms with Crippen molar-refractivity contribution in [2.24, 2.45) is 0 Å². The average Bonchev–Trinajstić information content (AvgIpc) is 2.27. The SMILES string of the molecule is CC1CNCC(COC2/C=C/CCCCC2)O1. The lowest BCUT2D eigenvalue weighted by atomic mass is 10.0. The zero-order valence-electron chi connectivity index (χ0n) is 10.9. The molecule has 2 rings (SSSR count). The van der Waals surface area contributed by atoms with Crippen molar-refractivity contribution in [2.45, 2.75) is 57.3 Å². The molecule has 3 heteroatoms. The van der Waals surface area contributed by atoms with E-state index < -0.39 is 0 Å². The molecule has 1 aliphatic heterocycles. The summed E-state index contributed by atoms with van der Waals surface area (Å²) in [4.78, 5) is 0. The van der Waals surface area contributed by atoms with Crippen molar-refractivity contribution < 1.29 is 9.47 Å². The maximum Gasteiger partial charge on any atom is 0.0937 e. The van der Waals surface area contributed by atoms with Gasteiger partial charge < -0.3 is 14.8 Å². The van der Waals surface area contributed by atoms with Crippen molar-refractivity contribution in [3.8, 4) is 0 Å². The van der Waals surface area contributed by atoms with E-state index in [9.17, 15) is 0 Å². The lowest BCUT2D eigenvalue weighted by molar-refractivity contribution is -0.0789. The molecular weight excluding hydrogens is 214 g/mol. The van der Waals surface area contributed by atoms with Crippen LogP contribution in [0.3, 0.4) is 0 Å². The molecule has 1 N–H and O–H groups in total. The molecule has 17 heavy (non-hydrogen) atoms. The van der Waals surface area contributed by atoms with Crippen LogP contribution in [0.1, 0.15) is 39.0 Å². The Balaban J connectivity index is 1.70. The van der Waals surface area contributed by atoms with E-state index in [0.717, 1.165) is 19.5 Å². The lowest BCUT2D eigenvalue weighted by Gasteiger charge is -2.29. The van der Waals surface area contributed by atoms with E-state index in [1.165, 1.54) is 25.7 Å². The molecule has 0 saturated carbocycles. The quantitative estimate of drug-likeness (QED) is 0.766. The number of hydrogen-bond acceptors (Lipinski definition) is 3. The van der Waals surface area contributed by atoms with Crippen LogP contribution in [0.25, 0.3) is 0 Å². The topological polar surface area (TPSA) is 30.5 Å². The molecule has 2 aliphatic rings. The fraction of sp³-hybridized carbons (Fsp3) is 0.857. The molecule has 98 valence electrons. The summed E-state index contributed by atoms with van der Waals surface area (Å²) in [7, 11) is 0. The second kappa shape index (κ2) is 7.14. The molecule has 3 atom stereocenters. The standard InChI is InChI=1S/C14H25NO2/c1-12-9-15-10-14(17-12)11-16-13-7-5-3-2-4-6-8-13/h5,7,12-15H,2-4,6,8-11H2,1H3/b7-5+. The maximum absolute atomic E-state index is 5.95. The first-order valence-corrected chi connectivity index (χ1v) is 6.99. The Labute approximate surface area is 105 Å². The molecule has 1 aliphatic carbocycles. The summed E-state index contributed by atoms with van der Waals surface area (Å²) in [5, 5.41) is 3.37. The molecule has 0 aromatic carbocycles. The van der Waals surface area contributed by atoms with E-state index >= 15 is 0 Å². The van der Waals surface area contributed by atoms with Crippen LogP contribution >= 0.6 is 0 Å². The molecule has 0 bridgehead atoms. The van der Waals surface area contributed by atoms with E-state index in [4.69, 9.17) is 9.47 Å². The zero-order valence-corrected chi connectivity index (χ0v) is 10.9. The van der Waals surface area contributed by atoms with Crippen LogP contribution < -0.4 is 5.32 Å². The Kier molecular flexibility index (Phi) is 5.49. The maximum atomic E-state index is 5.95. The van der Waals surface area contributed by atoms with Crippen molar-refractivity contribution in [3.05, 3.63) is 12.2 Å². The molecule has 1 saturated heterocycles. The van der Waals surface area contributed by atoms with Crippen molar-refractivity contribution in [2.75, 3.05) is 19.7 Å². The first kappa shape index (κ1) is 13.1. The molecular formula is C14H25NO2. The van der Waals surface area contributed by atoms with E-state index in [0.29, 0.717) is 18.8 Å². The third-order valence-corrected chi connectivity index (χ3v) is 3.43. The smallest absolute Gasteiger partial charge is 0.0937 e. The lowest BCUT2D eigenvalue weighted by Crippen LogP contribution is -2.45. The highest BCUT2D eigenvalue weighted by Crippen LogP contribution is 2.15. The van der Waals surface area contributed by atoms with Crippen LogP contribution in [0.2, 0.25) is 0 Å². The van der Waals surface area contributed by atoms with Gasteiger partial charge in [-0.2, -0.15) is 0 Å². The average molecular weight is 239 g/mol. The van der Waals surface area contributed by atoms with E-state index in [2.05, 4.69) is 24.4 Å². The van der Waals surface area contributed by atoms with Gasteiger partial charge in [-0.1, -0.05) is 25.0 Å². The van der Waals surface area contributed by atoms with Crippen molar-refractivity contribution in [1.29, 1.82) is 0 Å². The van der Waals surface area contributed by atoms with Crippen molar-refractivity contribution in [3.63, 3.8) is 0 Å². The summed E-state index contributed by atoms with van der Waals surface area (Å²) in [5.74, 6) is 0. The second-order valence-corrected chi connectivity index (χ2v) is 5.16. The normalized spacial score (nSPS) is 37.1. The predicted molar refractivity (Wildman–Crippen MR) is 69.2 cm³/mol. The van der Waals surface area contributed by atoms with Gasteiger partial charge in [-0.25, -0.2) is 0 Å². The van der Waals surface area contributed by atoms with Gasteiger partial charge in [0.25, 0.3) is 0 Å². The Morgan fingerprint density at radius 1 is 1.29 bits per heavy atom. The van der Waals surface area contributed by atoms with E-state index in [-0.39, 0.29) is 6.10 Å². The fourth-order valence-electron chi connectivity index (χ4n) is 2.47. The summed E-state index contributed by atoms with van der Waals surface area (Å²) in [6.07, 6.45) is 11.7. The van der Waals surface area contributed by atoms with Crippen LogP contribution in [0.15, 0.2) is 12.2 Å². The van der Waals surface area contributed by atoms with Gasteiger partial charge in [0.1, 0.15) is 0 Å². The highest BCUT2D eigenvalue weighted by molar-refractivity contribution is 4.91. The largest absolute Gasteiger partial charge is 0.371 e. The van der Waals surface area contributed by atoms with Crippen LogP contribution in [0.5, 0.6) is 0 Å². The minimum absolute atomic E-state index is 0.220.